The highest BCUT2D eigenvalue weighted by Gasteiger charge is 2.15. The van der Waals surface area contributed by atoms with Gasteiger partial charge in [-0.05, 0) is 38.7 Å². The summed E-state index contributed by atoms with van der Waals surface area (Å²) in [5.41, 5.74) is 5.44. The average molecular weight is 263 g/mol. The molecule has 2 aromatic heterocycles. The van der Waals surface area contributed by atoms with E-state index >= 15 is 0 Å². The summed E-state index contributed by atoms with van der Waals surface area (Å²) in [4.78, 5) is 25.8. The van der Waals surface area contributed by atoms with E-state index in [0.717, 1.165) is 11.1 Å². The van der Waals surface area contributed by atoms with Crippen molar-refractivity contribution in [3.8, 4) is 0 Å². The minimum Gasteiger partial charge on any atom is -0.330 e. The number of pyridine rings is 1. The molecule has 0 aromatic carbocycles. The highest BCUT2D eigenvalue weighted by atomic mass is 16.2. The van der Waals surface area contributed by atoms with Gasteiger partial charge in [-0.25, -0.2) is 9.20 Å². The van der Waals surface area contributed by atoms with Crippen LogP contribution in [-0.2, 0) is 0 Å². The summed E-state index contributed by atoms with van der Waals surface area (Å²) in [6.45, 7) is 1.43. The monoisotopic (exact) mass is 263 g/mol. The van der Waals surface area contributed by atoms with Crippen molar-refractivity contribution >= 4 is 11.6 Å². The minimum absolute atomic E-state index is 0.143. The topological polar surface area (TPSA) is 85.6 Å². The number of nitrogens with zero attached hydrogens (tertiary/aromatic N) is 4. The Labute approximate surface area is 110 Å². The maximum atomic E-state index is 12.0. The molecule has 0 aliphatic carbocycles. The van der Waals surface area contributed by atoms with Gasteiger partial charge in [-0.15, -0.1) is 9.78 Å². The van der Waals surface area contributed by atoms with E-state index in [9.17, 15) is 9.59 Å². The smallest absolute Gasteiger partial charge is 0.330 e. The van der Waals surface area contributed by atoms with Crippen LogP contribution in [0.15, 0.2) is 29.2 Å². The molecule has 2 rings (SSSR count). The highest BCUT2D eigenvalue weighted by Crippen LogP contribution is 1.95. The molecule has 2 N–H and O–H groups in total. The van der Waals surface area contributed by atoms with Crippen molar-refractivity contribution < 1.29 is 4.79 Å². The van der Waals surface area contributed by atoms with Crippen LogP contribution in [0.1, 0.15) is 11.2 Å². The van der Waals surface area contributed by atoms with Gasteiger partial charge in [0.15, 0.2) is 5.65 Å². The van der Waals surface area contributed by atoms with E-state index in [1.165, 1.54) is 4.40 Å². The van der Waals surface area contributed by atoms with Crippen molar-refractivity contribution in [1.29, 1.82) is 0 Å². The molecular weight excluding hydrogens is 246 g/mol. The summed E-state index contributed by atoms with van der Waals surface area (Å²) < 4.78 is 2.26. The van der Waals surface area contributed by atoms with Crippen molar-refractivity contribution in [1.82, 2.24) is 19.1 Å². The third kappa shape index (κ3) is 2.88. The largest absolute Gasteiger partial charge is 0.357 e. The number of hydrogen-bond acceptors (Lipinski definition) is 5. The molecule has 7 nitrogen and oxygen atoms in total. The predicted molar refractivity (Wildman–Crippen MR) is 71.2 cm³/mol. The zero-order valence-corrected chi connectivity index (χ0v) is 10.8. The summed E-state index contributed by atoms with van der Waals surface area (Å²) in [5, 5.41) is 4.01. The van der Waals surface area contributed by atoms with Crippen LogP contribution in [0.25, 0.3) is 5.65 Å². The second-order valence-electron chi connectivity index (χ2n) is 4.40. The van der Waals surface area contributed by atoms with Gasteiger partial charge in [0.05, 0.1) is 6.54 Å². The molecule has 0 fully saturated rings. The van der Waals surface area contributed by atoms with Gasteiger partial charge < -0.3 is 5.73 Å². The average Bonchev–Trinajstić information content (AvgIpc) is 2.74. The van der Waals surface area contributed by atoms with Gasteiger partial charge in [0, 0.05) is 6.20 Å². The second kappa shape index (κ2) is 5.77. The Hall–Kier alpha value is -1.99. The first-order valence-corrected chi connectivity index (χ1v) is 6.11. The third-order valence-electron chi connectivity index (χ3n) is 2.81. The zero-order chi connectivity index (χ0) is 13.8. The molecule has 0 amide bonds. The van der Waals surface area contributed by atoms with Crippen LogP contribution >= 0.6 is 0 Å². The van der Waals surface area contributed by atoms with Crippen LogP contribution in [-0.4, -0.2) is 51.7 Å². The lowest BCUT2D eigenvalue weighted by Crippen LogP contribution is -2.36. The van der Waals surface area contributed by atoms with Gasteiger partial charge in [-0.1, -0.05) is 6.07 Å². The Morgan fingerprint density at radius 2 is 2.26 bits per heavy atom. The normalized spacial score (nSPS) is 11.3. The first kappa shape index (κ1) is 13.4. The molecule has 2 heterocycles. The lowest BCUT2D eigenvalue weighted by Gasteiger charge is -2.13. The SMILES string of the molecule is CN(CCCN)CC(=O)n1nc2ccccn2c1=O. The first-order valence-electron chi connectivity index (χ1n) is 6.11. The molecule has 0 unspecified atom stereocenters. The van der Waals surface area contributed by atoms with E-state index in [2.05, 4.69) is 5.10 Å². The molecule has 0 aliphatic heterocycles. The van der Waals surface area contributed by atoms with E-state index in [-0.39, 0.29) is 12.5 Å². The quantitative estimate of drug-likeness (QED) is 0.780. The van der Waals surface area contributed by atoms with Gasteiger partial charge in [-0.2, -0.15) is 0 Å². The van der Waals surface area contributed by atoms with Crippen LogP contribution in [0, 0.1) is 0 Å². The number of carbonyl (C=O) groups excluding carboxylic acids is 1. The second-order valence-corrected chi connectivity index (χ2v) is 4.40. The standard InChI is InChI=1S/C12H17N5O2/c1-15(7-4-6-13)9-11(18)17-12(19)16-8-3-2-5-10(16)14-17/h2-3,5,8H,4,6-7,9,13H2,1H3. The van der Waals surface area contributed by atoms with Crippen molar-refractivity contribution in [2.75, 3.05) is 26.7 Å². The Bertz CT molecular complexity index is 630. The maximum absolute atomic E-state index is 12.0. The maximum Gasteiger partial charge on any atom is 0.357 e. The first-order chi connectivity index (χ1) is 9.13. The molecule has 0 aliphatic rings. The summed E-state index contributed by atoms with van der Waals surface area (Å²) in [5.74, 6) is -0.340. The number of likely N-dealkylation sites (N-methyl/N-ethyl adjacent to an activating group) is 1. The molecule has 7 heteroatoms. The fraction of sp³-hybridized carbons (Fsp3) is 0.417. The molecular formula is C12H17N5O2. The van der Waals surface area contributed by atoms with E-state index in [4.69, 9.17) is 5.73 Å². The number of carbonyl (C=O) groups is 1. The fourth-order valence-corrected chi connectivity index (χ4v) is 1.83. The van der Waals surface area contributed by atoms with Crippen LogP contribution in [0.2, 0.25) is 0 Å². The van der Waals surface area contributed by atoms with Gasteiger partial charge in [0.25, 0.3) is 5.91 Å². The molecule has 0 bridgehead atoms. The van der Waals surface area contributed by atoms with Gasteiger partial charge in [-0.3, -0.25) is 9.69 Å². The van der Waals surface area contributed by atoms with Crippen molar-refractivity contribution in [2.24, 2.45) is 5.73 Å². The van der Waals surface area contributed by atoms with Crippen LogP contribution in [0.4, 0.5) is 0 Å². The third-order valence-corrected chi connectivity index (χ3v) is 2.81. The van der Waals surface area contributed by atoms with Crippen LogP contribution in [0.3, 0.4) is 0 Å². The van der Waals surface area contributed by atoms with Gasteiger partial charge >= 0.3 is 5.69 Å². The Morgan fingerprint density at radius 3 is 2.95 bits per heavy atom. The van der Waals surface area contributed by atoms with E-state index in [0.29, 0.717) is 18.7 Å². The Morgan fingerprint density at radius 1 is 1.47 bits per heavy atom. The lowest BCUT2D eigenvalue weighted by atomic mass is 10.4. The summed E-state index contributed by atoms with van der Waals surface area (Å²) in [7, 11) is 1.81. The van der Waals surface area contributed by atoms with E-state index in [1.807, 2.05) is 11.9 Å². The van der Waals surface area contributed by atoms with Crippen molar-refractivity contribution in [3.63, 3.8) is 0 Å². The lowest BCUT2D eigenvalue weighted by molar-refractivity contribution is 0.0843. The fourth-order valence-electron chi connectivity index (χ4n) is 1.83. The Balaban J connectivity index is 2.18. The van der Waals surface area contributed by atoms with Gasteiger partial charge in [0.2, 0.25) is 0 Å². The zero-order valence-electron chi connectivity index (χ0n) is 10.8. The number of hydrogen-bond donors (Lipinski definition) is 1. The molecule has 0 saturated heterocycles. The number of rotatable bonds is 5. The summed E-state index contributed by atoms with van der Waals surface area (Å²) in [6, 6.07) is 5.17. The van der Waals surface area contributed by atoms with Crippen molar-refractivity contribution in [3.05, 3.63) is 34.9 Å². The summed E-state index contributed by atoms with van der Waals surface area (Å²) >= 11 is 0. The highest BCUT2D eigenvalue weighted by molar-refractivity contribution is 5.80. The molecule has 2 aromatic rings. The molecule has 0 radical (unpaired) electrons. The van der Waals surface area contributed by atoms with E-state index < -0.39 is 5.69 Å². The van der Waals surface area contributed by atoms with Crippen molar-refractivity contribution in [2.45, 2.75) is 6.42 Å². The number of fused-ring (bicyclic) bond motifs is 1. The van der Waals surface area contributed by atoms with E-state index in [1.54, 1.807) is 24.4 Å². The number of aromatic nitrogens is 3. The minimum atomic E-state index is -0.437. The summed E-state index contributed by atoms with van der Waals surface area (Å²) in [6.07, 6.45) is 2.40. The molecule has 0 atom stereocenters. The van der Waals surface area contributed by atoms with Crippen LogP contribution < -0.4 is 11.4 Å². The predicted octanol–water partition coefficient (Wildman–Crippen LogP) is -0.583. The molecule has 102 valence electrons. The molecule has 0 spiro atoms. The molecule has 0 saturated carbocycles. The Kier molecular flexibility index (Phi) is 4.08. The number of nitrogens with two attached hydrogens (primary N) is 1. The molecule has 19 heavy (non-hydrogen) atoms. The van der Waals surface area contributed by atoms with Gasteiger partial charge in [0.1, 0.15) is 0 Å². The van der Waals surface area contributed by atoms with Crippen LogP contribution in [0.5, 0.6) is 0 Å².